The van der Waals surface area contributed by atoms with E-state index in [1.54, 1.807) is 24.3 Å². The Labute approximate surface area is 188 Å². The molecule has 0 unspecified atom stereocenters. The summed E-state index contributed by atoms with van der Waals surface area (Å²) in [4.78, 5) is 62.8. The van der Waals surface area contributed by atoms with Crippen molar-refractivity contribution in [3.8, 4) is 0 Å². The number of nitrogens with one attached hydrogen (secondary N) is 1. The molecular formula is C19H26N4O10. The lowest BCUT2D eigenvalue weighted by Gasteiger charge is -2.33. The minimum atomic E-state index is -1.30. The molecule has 7 N–H and O–H groups in total. The van der Waals surface area contributed by atoms with Gasteiger partial charge in [-0.05, 0) is 24.1 Å². The number of anilines is 1. The zero-order valence-electron chi connectivity index (χ0n) is 17.5. The topological polar surface area (TPSA) is 220 Å². The second-order valence-corrected chi connectivity index (χ2v) is 7.06. The monoisotopic (exact) mass is 470 g/mol. The molecule has 1 rings (SSSR count). The van der Waals surface area contributed by atoms with Crippen LogP contribution in [0.5, 0.6) is 0 Å². The van der Waals surface area contributed by atoms with Crippen molar-refractivity contribution in [1.82, 2.24) is 9.80 Å². The fourth-order valence-corrected chi connectivity index (χ4v) is 3.11. The molecule has 0 aliphatic carbocycles. The number of aliphatic carboxylic acids is 4. The van der Waals surface area contributed by atoms with Crippen molar-refractivity contribution >= 4 is 35.5 Å². The first kappa shape index (κ1) is 27.4. The van der Waals surface area contributed by atoms with Crippen LogP contribution in [0.2, 0.25) is 0 Å². The number of hydrogen-bond acceptors (Lipinski definition) is 9. The summed E-state index contributed by atoms with van der Waals surface area (Å²) in [6.45, 7) is -3.15. The third-order valence-electron chi connectivity index (χ3n) is 4.30. The lowest BCUT2D eigenvalue weighted by molar-refractivity contribution is -0.146. The van der Waals surface area contributed by atoms with Crippen molar-refractivity contribution in [2.75, 3.05) is 44.6 Å². The summed E-state index contributed by atoms with van der Waals surface area (Å²) in [6.07, 6.45) is 0.0798. The van der Waals surface area contributed by atoms with Crippen LogP contribution >= 0.6 is 0 Å². The van der Waals surface area contributed by atoms with Crippen molar-refractivity contribution in [2.45, 2.75) is 12.5 Å². The van der Waals surface area contributed by atoms with Crippen LogP contribution in [0.15, 0.2) is 24.3 Å². The molecule has 0 spiro atoms. The van der Waals surface area contributed by atoms with Crippen molar-refractivity contribution in [3.05, 3.63) is 29.8 Å². The Morgan fingerprint density at radius 1 is 0.848 bits per heavy atom. The minimum Gasteiger partial charge on any atom is -0.480 e. The van der Waals surface area contributed by atoms with E-state index >= 15 is 0 Å². The molecular weight excluding hydrogens is 444 g/mol. The standard InChI is InChI=1S/C19H26N4O10/c20-33-11-15(24)21-13-3-1-12(2-4-13)5-14(23(9-18(29)30)10-19(31)32)6-22(7-16(25)26)8-17(27)28/h1-4,14H,5-11,20H2,(H,21,24)(H,25,26)(H,27,28)(H,29,30)(H,31,32)/t14-/m0/s1. The Morgan fingerprint density at radius 3 is 1.76 bits per heavy atom. The van der Waals surface area contributed by atoms with Crippen LogP contribution in [-0.4, -0.2) is 105 Å². The summed E-state index contributed by atoms with van der Waals surface area (Å²) in [7, 11) is 0. The van der Waals surface area contributed by atoms with Crippen LogP contribution in [0.1, 0.15) is 5.56 Å². The van der Waals surface area contributed by atoms with E-state index in [0.717, 1.165) is 9.80 Å². The van der Waals surface area contributed by atoms with E-state index in [4.69, 9.17) is 16.1 Å². The van der Waals surface area contributed by atoms with Gasteiger partial charge in [-0.15, -0.1) is 0 Å². The molecule has 0 radical (unpaired) electrons. The summed E-state index contributed by atoms with van der Waals surface area (Å²) in [5, 5.41) is 39.1. The van der Waals surface area contributed by atoms with Crippen LogP contribution in [0.25, 0.3) is 0 Å². The number of nitrogens with zero attached hydrogens (tertiary/aromatic N) is 2. The van der Waals surface area contributed by atoms with Crippen molar-refractivity contribution < 1.29 is 49.2 Å². The highest BCUT2D eigenvalue weighted by molar-refractivity contribution is 5.91. The van der Waals surface area contributed by atoms with Crippen LogP contribution in [0.3, 0.4) is 0 Å². The Hall–Kier alpha value is -3.59. The minimum absolute atomic E-state index is 0.0798. The number of carboxylic acids is 4. The van der Waals surface area contributed by atoms with Gasteiger partial charge in [0.2, 0.25) is 0 Å². The predicted molar refractivity (Wildman–Crippen MR) is 111 cm³/mol. The molecule has 182 valence electrons. The second-order valence-electron chi connectivity index (χ2n) is 7.06. The molecule has 1 atom stereocenters. The van der Waals surface area contributed by atoms with E-state index in [-0.39, 0.29) is 19.6 Å². The SMILES string of the molecule is NOCC(=O)Nc1ccc(C[C@@H](CN(CC(=O)O)CC(=O)O)N(CC(=O)O)CC(=O)O)cc1. The third-order valence-corrected chi connectivity index (χ3v) is 4.30. The smallest absolute Gasteiger partial charge is 0.317 e. The largest absolute Gasteiger partial charge is 0.480 e. The maximum absolute atomic E-state index is 11.5. The van der Waals surface area contributed by atoms with Crippen LogP contribution in [0, 0.1) is 0 Å². The van der Waals surface area contributed by atoms with Crippen molar-refractivity contribution in [2.24, 2.45) is 5.90 Å². The maximum Gasteiger partial charge on any atom is 0.317 e. The second kappa shape index (κ2) is 13.7. The van der Waals surface area contributed by atoms with E-state index in [0.29, 0.717) is 11.3 Å². The summed E-state index contributed by atoms with van der Waals surface area (Å²) < 4.78 is 0. The summed E-state index contributed by atoms with van der Waals surface area (Å²) in [5.41, 5.74) is 1.03. The molecule has 0 heterocycles. The van der Waals surface area contributed by atoms with Gasteiger partial charge < -0.3 is 25.7 Å². The normalized spacial score (nSPS) is 11.8. The number of amides is 1. The van der Waals surface area contributed by atoms with Gasteiger partial charge in [-0.1, -0.05) is 12.1 Å². The Kier molecular flexibility index (Phi) is 11.4. The van der Waals surface area contributed by atoms with Gasteiger partial charge in [-0.2, -0.15) is 0 Å². The summed E-state index contributed by atoms with van der Waals surface area (Å²) in [5.74, 6) is -0.845. The molecule has 0 aliphatic heterocycles. The molecule has 33 heavy (non-hydrogen) atoms. The average molecular weight is 470 g/mol. The Morgan fingerprint density at radius 2 is 1.33 bits per heavy atom. The summed E-state index contributed by atoms with van der Waals surface area (Å²) in [6, 6.07) is 5.45. The molecule has 0 fully saturated rings. The van der Waals surface area contributed by atoms with Crippen molar-refractivity contribution in [1.29, 1.82) is 0 Å². The van der Waals surface area contributed by atoms with E-state index < -0.39 is 62.0 Å². The van der Waals surface area contributed by atoms with Gasteiger partial charge in [-0.25, -0.2) is 5.90 Å². The Balaban J connectivity index is 3.14. The van der Waals surface area contributed by atoms with E-state index in [1.165, 1.54) is 0 Å². The highest BCUT2D eigenvalue weighted by atomic mass is 16.6. The Bertz CT molecular complexity index is 813. The molecule has 0 saturated heterocycles. The number of benzene rings is 1. The summed E-state index contributed by atoms with van der Waals surface area (Å²) >= 11 is 0. The molecule has 1 amide bonds. The van der Waals surface area contributed by atoms with Gasteiger partial charge in [0.15, 0.2) is 0 Å². The fourth-order valence-electron chi connectivity index (χ4n) is 3.11. The first-order valence-electron chi connectivity index (χ1n) is 9.54. The van der Waals surface area contributed by atoms with Crippen LogP contribution in [0.4, 0.5) is 5.69 Å². The molecule has 14 nitrogen and oxygen atoms in total. The number of rotatable bonds is 16. The van der Waals surface area contributed by atoms with Gasteiger partial charge >= 0.3 is 23.9 Å². The van der Waals surface area contributed by atoms with Gasteiger partial charge in [-0.3, -0.25) is 38.6 Å². The lowest BCUT2D eigenvalue weighted by Crippen LogP contribution is -2.50. The van der Waals surface area contributed by atoms with E-state index in [9.17, 15) is 34.2 Å². The molecule has 1 aromatic carbocycles. The molecule has 14 heteroatoms. The number of nitrogens with two attached hydrogens (primary N) is 1. The fraction of sp³-hybridized carbons (Fsp3) is 0.421. The zero-order chi connectivity index (χ0) is 25.0. The number of carbonyl (C=O) groups is 5. The van der Waals surface area contributed by atoms with Gasteiger partial charge in [0, 0.05) is 18.3 Å². The molecule has 0 aromatic heterocycles. The van der Waals surface area contributed by atoms with E-state index in [2.05, 4.69) is 10.2 Å². The van der Waals surface area contributed by atoms with Gasteiger partial charge in [0.05, 0.1) is 26.2 Å². The number of carboxylic acid groups (broad SMARTS) is 4. The molecule has 1 aromatic rings. The van der Waals surface area contributed by atoms with Crippen LogP contribution in [-0.2, 0) is 35.2 Å². The third kappa shape index (κ3) is 11.6. The average Bonchev–Trinajstić information content (AvgIpc) is 2.66. The number of carbonyl (C=O) groups excluding carboxylic acids is 1. The first-order valence-corrected chi connectivity index (χ1v) is 9.54. The number of hydrogen-bond donors (Lipinski definition) is 6. The first-order chi connectivity index (χ1) is 15.5. The van der Waals surface area contributed by atoms with Gasteiger partial charge in [0.1, 0.15) is 6.61 Å². The van der Waals surface area contributed by atoms with E-state index in [1.807, 2.05) is 0 Å². The quantitative estimate of drug-likeness (QED) is 0.150. The molecule has 0 bridgehead atoms. The van der Waals surface area contributed by atoms with Crippen molar-refractivity contribution in [3.63, 3.8) is 0 Å². The maximum atomic E-state index is 11.5. The zero-order valence-corrected chi connectivity index (χ0v) is 17.5. The highest BCUT2D eigenvalue weighted by Crippen LogP contribution is 2.15. The van der Waals surface area contributed by atoms with Crippen LogP contribution < -0.4 is 11.2 Å². The highest BCUT2D eigenvalue weighted by Gasteiger charge is 2.27. The predicted octanol–water partition coefficient (Wildman–Crippen LogP) is -1.63. The van der Waals surface area contributed by atoms with Gasteiger partial charge in [0.25, 0.3) is 5.91 Å². The lowest BCUT2D eigenvalue weighted by atomic mass is 10.0. The molecule has 0 aliphatic rings. The molecule has 0 saturated carbocycles.